The third kappa shape index (κ3) is 5.79. The van der Waals surface area contributed by atoms with Crippen LogP contribution in [0.25, 0.3) is 16.8 Å². The first-order valence-corrected chi connectivity index (χ1v) is 13.6. The van der Waals surface area contributed by atoms with Gasteiger partial charge in [-0.1, -0.05) is 71.7 Å². The number of benzene rings is 4. The van der Waals surface area contributed by atoms with Crippen molar-refractivity contribution < 1.29 is 28.6 Å². The maximum Gasteiger partial charge on any atom is 0.345 e. The van der Waals surface area contributed by atoms with Gasteiger partial charge in [-0.2, -0.15) is 0 Å². The molecule has 1 aliphatic rings. The summed E-state index contributed by atoms with van der Waals surface area (Å²) in [6.07, 6.45) is 1.49. The molecule has 0 bridgehead atoms. The van der Waals surface area contributed by atoms with Crippen LogP contribution in [0.4, 0.5) is 4.79 Å². The minimum absolute atomic E-state index is 0.0697. The number of amides is 2. The third-order valence-electron chi connectivity index (χ3n) is 6.06. The molecule has 1 aliphatic heterocycles. The second-order valence-electron chi connectivity index (χ2n) is 8.55. The predicted octanol–water partition coefficient (Wildman–Crippen LogP) is 7.49. The van der Waals surface area contributed by atoms with Crippen molar-refractivity contribution in [2.75, 3.05) is 20.3 Å². The van der Waals surface area contributed by atoms with Crippen LogP contribution in [0.15, 0.2) is 83.8 Å². The Morgan fingerprint density at radius 1 is 0.950 bits per heavy atom. The lowest BCUT2D eigenvalue weighted by Gasteiger charge is -2.14. The van der Waals surface area contributed by atoms with E-state index >= 15 is 0 Å². The number of rotatable bonds is 8. The summed E-state index contributed by atoms with van der Waals surface area (Å²) in [5, 5.41) is 2.05. The van der Waals surface area contributed by atoms with Gasteiger partial charge in [-0.05, 0) is 53.6 Å². The van der Waals surface area contributed by atoms with Crippen molar-refractivity contribution >= 4 is 68.9 Å². The Balaban J connectivity index is 1.33. The second-order valence-corrected chi connectivity index (χ2v) is 10.4. The van der Waals surface area contributed by atoms with Gasteiger partial charge in [0, 0.05) is 16.0 Å². The first kappa shape index (κ1) is 27.6. The first-order chi connectivity index (χ1) is 19.4. The molecule has 1 heterocycles. The molecular formula is C30H21Cl2NO6S. The lowest BCUT2D eigenvalue weighted by atomic mass is 10.1. The molecule has 4 aromatic carbocycles. The molecule has 4 aromatic rings. The number of imide groups is 1. The molecule has 0 aliphatic carbocycles. The van der Waals surface area contributed by atoms with E-state index in [4.69, 9.17) is 37.4 Å². The van der Waals surface area contributed by atoms with E-state index in [2.05, 4.69) is 0 Å². The first-order valence-electron chi connectivity index (χ1n) is 12.1. The van der Waals surface area contributed by atoms with Gasteiger partial charge in [0.2, 0.25) is 0 Å². The molecule has 0 unspecified atom stereocenters. The van der Waals surface area contributed by atoms with Gasteiger partial charge in [0.05, 0.1) is 29.1 Å². The molecule has 202 valence electrons. The number of thioether (sulfide) groups is 1. The minimum Gasteiger partial charge on any atom is -0.493 e. The van der Waals surface area contributed by atoms with E-state index in [-0.39, 0.29) is 40.1 Å². The minimum atomic E-state index is -0.737. The third-order valence-corrected chi connectivity index (χ3v) is 7.51. The summed E-state index contributed by atoms with van der Waals surface area (Å²) >= 11 is 12.9. The van der Waals surface area contributed by atoms with Crippen molar-refractivity contribution in [1.29, 1.82) is 0 Å². The zero-order chi connectivity index (χ0) is 28.2. The number of hydrogen-bond donors (Lipinski definition) is 0. The van der Waals surface area contributed by atoms with Crippen LogP contribution in [0.2, 0.25) is 10.0 Å². The van der Waals surface area contributed by atoms with Crippen LogP contribution < -0.4 is 14.2 Å². The summed E-state index contributed by atoms with van der Waals surface area (Å²) < 4.78 is 16.9. The average molecular weight is 594 g/mol. The van der Waals surface area contributed by atoms with Crippen LogP contribution in [0.1, 0.15) is 15.9 Å². The molecule has 0 spiro atoms. The number of hydrogen-bond acceptors (Lipinski definition) is 7. The van der Waals surface area contributed by atoms with E-state index in [0.717, 1.165) is 27.4 Å². The number of fused-ring (bicyclic) bond motifs is 1. The van der Waals surface area contributed by atoms with Crippen molar-refractivity contribution in [3.63, 3.8) is 0 Å². The van der Waals surface area contributed by atoms with Gasteiger partial charge < -0.3 is 14.2 Å². The number of halogens is 2. The zero-order valence-corrected chi connectivity index (χ0v) is 23.4. The number of methoxy groups -OCH3 is 1. The Morgan fingerprint density at radius 3 is 2.50 bits per heavy atom. The molecule has 5 rings (SSSR count). The molecular weight excluding hydrogens is 573 g/mol. The summed E-state index contributed by atoms with van der Waals surface area (Å²) in [5.41, 5.74) is 0.477. The number of ether oxygens (including phenoxy) is 3. The van der Waals surface area contributed by atoms with E-state index in [1.54, 1.807) is 18.2 Å². The Hall–Kier alpha value is -3.98. The highest BCUT2D eigenvalue weighted by molar-refractivity contribution is 8.18. The molecule has 1 fully saturated rings. The Bertz CT molecular complexity index is 1670. The number of nitrogens with zero attached hydrogens (tertiary/aromatic N) is 1. The molecule has 7 nitrogen and oxygen atoms in total. The quantitative estimate of drug-likeness (QED) is 0.119. The summed E-state index contributed by atoms with van der Waals surface area (Å²) in [5.74, 6) is -0.205. The van der Waals surface area contributed by atoms with Crippen molar-refractivity contribution in [1.82, 2.24) is 4.90 Å². The predicted molar refractivity (Wildman–Crippen MR) is 157 cm³/mol. The highest BCUT2D eigenvalue weighted by atomic mass is 35.5. The maximum absolute atomic E-state index is 13.2. The normalized spacial score (nSPS) is 14.2. The molecule has 0 atom stereocenters. The summed E-state index contributed by atoms with van der Waals surface area (Å²) in [4.78, 5) is 40.1. The number of para-hydroxylation sites is 1. The summed E-state index contributed by atoms with van der Waals surface area (Å²) in [6.45, 7) is 0.198. The molecule has 0 aromatic heterocycles. The van der Waals surface area contributed by atoms with E-state index in [1.807, 2.05) is 42.5 Å². The SMILES string of the molecule is COc1cccc(/C=C2\SC(=O)N(CCOc3cccc4ccccc34)C2=O)c1OC(=O)c1ccc(Cl)cc1Cl. The highest BCUT2D eigenvalue weighted by Gasteiger charge is 2.35. The number of esters is 1. The summed E-state index contributed by atoms with van der Waals surface area (Å²) in [6, 6.07) is 22.9. The van der Waals surface area contributed by atoms with Gasteiger partial charge in [0.25, 0.3) is 11.1 Å². The molecule has 1 saturated heterocycles. The van der Waals surface area contributed by atoms with Crippen molar-refractivity contribution in [3.05, 3.63) is 105 Å². The van der Waals surface area contributed by atoms with Crippen LogP contribution in [0.3, 0.4) is 0 Å². The van der Waals surface area contributed by atoms with Gasteiger partial charge in [-0.25, -0.2) is 4.79 Å². The largest absolute Gasteiger partial charge is 0.493 e. The van der Waals surface area contributed by atoms with Crippen molar-refractivity contribution in [2.24, 2.45) is 0 Å². The maximum atomic E-state index is 13.2. The van der Waals surface area contributed by atoms with Gasteiger partial charge in [-0.15, -0.1) is 0 Å². The van der Waals surface area contributed by atoms with Crippen LogP contribution >= 0.6 is 35.0 Å². The molecule has 0 N–H and O–H groups in total. The van der Waals surface area contributed by atoms with Crippen LogP contribution in [0, 0.1) is 0 Å². The van der Waals surface area contributed by atoms with Crippen LogP contribution in [0.5, 0.6) is 17.2 Å². The highest BCUT2D eigenvalue weighted by Crippen LogP contribution is 2.38. The van der Waals surface area contributed by atoms with E-state index in [9.17, 15) is 14.4 Å². The Kier molecular flexibility index (Phi) is 8.30. The van der Waals surface area contributed by atoms with Gasteiger partial charge >= 0.3 is 5.97 Å². The number of carbonyl (C=O) groups is 3. The van der Waals surface area contributed by atoms with Gasteiger partial charge in [-0.3, -0.25) is 14.5 Å². The van der Waals surface area contributed by atoms with Gasteiger partial charge in [0.1, 0.15) is 12.4 Å². The van der Waals surface area contributed by atoms with Crippen LogP contribution in [-0.4, -0.2) is 42.3 Å². The van der Waals surface area contributed by atoms with Crippen molar-refractivity contribution in [3.8, 4) is 17.2 Å². The fraction of sp³-hybridized carbons (Fsp3) is 0.100. The van der Waals surface area contributed by atoms with Crippen LogP contribution in [-0.2, 0) is 4.79 Å². The molecule has 40 heavy (non-hydrogen) atoms. The smallest absolute Gasteiger partial charge is 0.345 e. The fourth-order valence-corrected chi connectivity index (χ4v) is 5.46. The molecule has 2 amide bonds. The van der Waals surface area contributed by atoms with E-state index < -0.39 is 17.1 Å². The molecule has 0 radical (unpaired) electrons. The lowest BCUT2D eigenvalue weighted by Crippen LogP contribution is -2.32. The zero-order valence-electron chi connectivity index (χ0n) is 21.1. The topological polar surface area (TPSA) is 82.1 Å². The summed E-state index contributed by atoms with van der Waals surface area (Å²) in [7, 11) is 1.43. The lowest BCUT2D eigenvalue weighted by molar-refractivity contribution is -0.123. The van der Waals surface area contributed by atoms with E-state index in [0.29, 0.717) is 16.3 Å². The monoisotopic (exact) mass is 593 g/mol. The molecule has 10 heteroatoms. The molecule has 0 saturated carbocycles. The number of carbonyl (C=O) groups excluding carboxylic acids is 3. The van der Waals surface area contributed by atoms with E-state index in [1.165, 1.54) is 31.4 Å². The van der Waals surface area contributed by atoms with Crippen molar-refractivity contribution in [2.45, 2.75) is 0 Å². The van der Waals surface area contributed by atoms with Gasteiger partial charge in [0.15, 0.2) is 11.5 Å². The fourth-order valence-electron chi connectivity index (χ4n) is 4.12. The Labute approximate surface area is 244 Å². The average Bonchev–Trinajstić information content (AvgIpc) is 3.21. The second kappa shape index (κ2) is 12.0. The Morgan fingerprint density at radius 2 is 1.70 bits per heavy atom. The standard InChI is InChI=1S/C30H21Cl2NO6S/c1-37-25-11-5-8-19(27(25)39-29(35)22-13-12-20(31)17-23(22)32)16-26-28(34)33(30(36)40-26)14-15-38-24-10-4-7-18-6-2-3-9-21(18)24/h2-13,16-17H,14-15H2,1H3/b26-16-.